The molecule has 1 aliphatic rings. The minimum atomic E-state index is 0.685. The van der Waals surface area contributed by atoms with Gasteiger partial charge in [-0.25, -0.2) is 0 Å². The smallest absolute Gasteiger partial charge is 0.101 e. The lowest BCUT2D eigenvalue weighted by Gasteiger charge is -2.20. The van der Waals surface area contributed by atoms with Crippen LogP contribution in [0.25, 0.3) is 0 Å². The molecule has 16 heavy (non-hydrogen) atoms. The zero-order chi connectivity index (χ0) is 11.7. The van der Waals surface area contributed by atoms with Gasteiger partial charge >= 0.3 is 0 Å². The number of anilines is 1. The van der Waals surface area contributed by atoms with Crippen molar-refractivity contribution in [1.29, 1.82) is 5.26 Å². The Hall–Kier alpha value is -1.20. The number of hydrogen-bond donors (Lipinski definition) is 0. The van der Waals surface area contributed by atoms with Gasteiger partial charge in [0.25, 0.3) is 0 Å². The maximum Gasteiger partial charge on any atom is 0.101 e. The molecule has 0 heterocycles. The summed E-state index contributed by atoms with van der Waals surface area (Å²) in [6.45, 7) is 3.28. The fourth-order valence-corrected chi connectivity index (χ4v) is 2.19. The van der Waals surface area contributed by atoms with Crippen LogP contribution in [0, 0.1) is 23.2 Å². The monoisotopic (exact) mass is 234 g/mol. The second-order valence-electron chi connectivity index (χ2n) is 4.63. The molecule has 3 heteroatoms. The van der Waals surface area contributed by atoms with Gasteiger partial charge in [-0.2, -0.15) is 5.26 Å². The highest BCUT2D eigenvalue weighted by atomic mass is 35.5. The Morgan fingerprint density at radius 1 is 1.56 bits per heavy atom. The standard InChI is InChI=1S/C13H15ClN2/c1-9-5-11(9)8-16(2)13-6-12(14)4-3-10(13)7-15/h3-4,6,9,11H,5,8H2,1-2H3. The fourth-order valence-electron chi connectivity index (χ4n) is 2.02. The molecular formula is C13H15ClN2. The van der Waals surface area contributed by atoms with Crippen molar-refractivity contribution in [2.45, 2.75) is 13.3 Å². The molecule has 0 amide bonds. The van der Waals surface area contributed by atoms with Gasteiger partial charge in [-0.15, -0.1) is 0 Å². The molecule has 0 aromatic heterocycles. The van der Waals surface area contributed by atoms with E-state index >= 15 is 0 Å². The van der Waals surface area contributed by atoms with E-state index in [2.05, 4.69) is 17.9 Å². The van der Waals surface area contributed by atoms with Crippen LogP contribution in [0.1, 0.15) is 18.9 Å². The van der Waals surface area contributed by atoms with Crippen molar-refractivity contribution in [3.05, 3.63) is 28.8 Å². The molecule has 1 aromatic rings. The van der Waals surface area contributed by atoms with Crippen LogP contribution in [0.2, 0.25) is 5.02 Å². The van der Waals surface area contributed by atoms with E-state index in [-0.39, 0.29) is 0 Å². The highest BCUT2D eigenvalue weighted by molar-refractivity contribution is 6.30. The summed E-state index contributed by atoms with van der Waals surface area (Å²) < 4.78 is 0. The first kappa shape index (κ1) is 11.3. The lowest BCUT2D eigenvalue weighted by molar-refractivity contribution is 0.725. The Bertz CT molecular complexity index is 436. The van der Waals surface area contributed by atoms with Gasteiger partial charge in [-0.05, 0) is 36.5 Å². The second kappa shape index (κ2) is 4.35. The summed E-state index contributed by atoms with van der Waals surface area (Å²) in [5, 5.41) is 9.73. The van der Waals surface area contributed by atoms with Gasteiger partial charge in [0.05, 0.1) is 11.3 Å². The van der Waals surface area contributed by atoms with Crippen LogP contribution in [0.5, 0.6) is 0 Å². The van der Waals surface area contributed by atoms with E-state index in [4.69, 9.17) is 16.9 Å². The first-order valence-electron chi connectivity index (χ1n) is 5.52. The second-order valence-corrected chi connectivity index (χ2v) is 5.06. The Labute approximate surface area is 101 Å². The van der Waals surface area contributed by atoms with E-state index in [1.54, 1.807) is 12.1 Å². The summed E-state index contributed by atoms with van der Waals surface area (Å²) in [6, 6.07) is 7.62. The number of hydrogen-bond acceptors (Lipinski definition) is 2. The summed E-state index contributed by atoms with van der Waals surface area (Å²) in [4.78, 5) is 2.14. The zero-order valence-corrected chi connectivity index (χ0v) is 10.3. The molecule has 2 unspecified atom stereocenters. The van der Waals surface area contributed by atoms with Crippen molar-refractivity contribution in [1.82, 2.24) is 0 Å². The molecule has 2 rings (SSSR count). The molecule has 1 saturated carbocycles. The largest absolute Gasteiger partial charge is 0.373 e. The van der Waals surface area contributed by atoms with Gasteiger partial charge < -0.3 is 4.90 Å². The average Bonchev–Trinajstić information content (AvgIpc) is 2.94. The van der Waals surface area contributed by atoms with E-state index in [0.717, 1.165) is 24.1 Å². The normalized spacial score (nSPS) is 22.6. The number of benzene rings is 1. The van der Waals surface area contributed by atoms with Crippen molar-refractivity contribution in [2.24, 2.45) is 11.8 Å². The zero-order valence-electron chi connectivity index (χ0n) is 9.57. The molecule has 0 spiro atoms. The Kier molecular flexibility index (Phi) is 3.07. The van der Waals surface area contributed by atoms with Crippen molar-refractivity contribution in [2.75, 3.05) is 18.5 Å². The third-order valence-corrected chi connectivity index (χ3v) is 3.51. The van der Waals surface area contributed by atoms with E-state index in [1.165, 1.54) is 6.42 Å². The van der Waals surface area contributed by atoms with Gasteiger partial charge in [0, 0.05) is 18.6 Å². The number of rotatable bonds is 3. The fraction of sp³-hybridized carbons (Fsp3) is 0.462. The number of nitrogens with zero attached hydrogens (tertiary/aromatic N) is 2. The SMILES string of the molecule is CC1CC1CN(C)c1cc(Cl)ccc1C#N. The molecule has 1 fully saturated rings. The third kappa shape index (κ3) is 2.31. The van der Waals surface area contributed by atoms with Gasteiger partial charge in [0.2, 0.25) is 0 Å². The van der Waals surface area contributed by atoms with Crippen molar-refractivity contribution >= 4 is 17.3 Å². The van der Waals surface area contributed by atoms with Crippen LogP contribution in [-0.2, 0) is 0 Å². The maximum absolute atomic E-state index is 9.04. The van der Waals surface area contributed by atoms with E-state index in [1.807, 2.05) is 13.1 Å². The molecule has 2 atom stereocenters. The van der Waals surface area contributed by atoms with E-state index in [9.17, 15) is 0 Å². The molecule has 84 valence electrons. The minimum Gasteiger partial charge on any atom is -0.373 e. The maximum atomic E-state index is 9.04. The van der Waals surface area contributed by atoms with Crippen molar-refractivity contribution < 1.29 is 0 Å². The first-order chi connectivity index (χ1) is 7.61. The number of halogens is 1. The van der Waals surface area contributed by atoms with Gasteiger partial charge in [0.15, 0.2) is 0 Å². The summed E-state index contributed by atoms with van der Waals surface area (Å²) >= 11 is 5.96. The lowest BCUT2D eigenvalue weighted by Crippen LogP contribution is -2.21. The van der Waals surface area contributed by atoms with Crippen LogP contribution in [0.15, 0.2) is 18.2 Å². The van der Waals surface area contributed by atoms with Crippen LogP contribution >= 0.6 is 11.6 Å². The molecule has 0 radical (unpaired) electrons. The summed E-state index contributed by atoms with van der Waals surface area (Å²) in [5.41, 5.74) is 1.63. The molecule has 0 aliphatic heterocycles. The highest BCUT2D eigenvalue weighted by Crippen LogP contribution is 2.39. The van der Waals surface area contributed by atoms with Crippen LogP contribution in [0.3, 0.4) is 0 Å². The molecule has 1 aromatic carbocycles. The minimum absolute atomic E-state index is 0.685. The average molecular weight is 235 g/mol. The number of nitriles is 1. The van der Waals surface area contributed by atoms with Gasteiger partial charge in [0.1, 0.15) is 6.07 Å². The predicted molar refractivity (Wildman–Crippen MR) is 66.7 cm³/mol. The third-order valence-electron chi connectivity index (χ3n) is 3.28. The molecule has 1 aliphatic carbocycles. The Morgan fingerprint density at radius 2 is 2.25 bits per heavy atom. The topological polar surface area (TPSA) is 27.0 Å². The van der Waals surface area contributed by atoms with Crippen molar-refractivity contribution in [3.63, 3.8) is 0 Å². The van der Waals surface area contributed by atoms with Gasteiger partial charge in [-0.3, -0.25) is 0 Å². The summed E-state index contributed by atoms with van der Waals surface area (Å²) in [5.74, 6) is 1.60. The highest BCUT2D eigenvalue weighted by Gasteiger charge is 2.33. The Balaban J connectivity index is 2.18. The predicted octanol–water partition coefficient (Wildman–Crippen LogP) is 3.30. The van der Waals surface area contributed by atoms with Crippen molar-refractivity contribution in [3.8, 4) is 6.07 Å². The van der Waals surface area contributed by atoms with E-state index < -0.39 is 0 Å². The lowest BCUT2D eigenvalue weighted by atomic mass is 10.1. The van der Waals surface area contributed by atoms with E-state index in [0.29, 0.717) is 10.6 Å². The molecule has 0 bridgehead atoms. The summed E-state index contributed by atoms with van der Waals surface area (Å²) in [6.07, 6.45) is 1.30. The molecule has 0 N–H and O–H groups in total. The summed E-state index contributed by atoms with van der Waals surface area (Å²) in [7, 11) is 2.03. The quantitative estimate of drug-likeness (QED) is 0.803. The first-order valence-corrected chi connectivity index (χ1v) is 5.90. The van der Waals surface area contributed by atoms with Crippen LogP contribution in [-0.4, -0.2) is 13.6 Å². The Morgan fingerprint density at radius 3 is 2.81 bits per heavy atom. The molecule has 0 saturated heterocycles. The van der Waals surface area contributed by atoms with Crippen LogP contribution < -0.4 is 4.90 Å². The molecule has 2 nitrogen and oxygen atoms in total. The molecular weight excluding hydrogens is 220 g/mol. The van der Waals surface area contributed by atoms with Gasteiger partial charge in [-0.1, -0.05) is 18.5 Å². The van der Waals surface area contributed by atoms with Crippen LogP contribution in [0.4, 0.5) is 5.69 Å².